The van der Waals surface area contributed by atoms with E-state index >= 15 is 0 Å². The van der Waals surface area contributed by atoms with E-state index in [0.29, 0.717) is 35.2 Å². The zero-order valence-electron chi connectivity index (χ0n) is 12.9. The van der Waals surface area contributed by atoms with Crippen molar-refractivity contribution >= 4 is 17.6 Å². The third-order valence-corrected chi connectivity index (χ3v) is 3.49. The highest BCUT2D eigenvalue weighted by molar-refractivity contribution is 6.33. The molecular formula is C16H19ClN2O3. The number of benzene rings is 1. The monoisotopic (exact) mass is 322 g/mol. The predicted octanol–water partition coefficient (Wildman–Crippen LogP) is 3.49. The summed E-state index contributed by atoms with van der Waals surface area (Å²) in [5.41, 5.74) is 1.33. The number of methoxy groups -OCH3 is 1. The second kappa shape index (κ2) is 7.40. The lowest BCUT2D eigenvalue weighted by Gasteiger charge is -2.05. The SMILES string of the molecule is COC(=O)c1cc(CCc2nc(CC(C)C)no2)ccc1Cl. The van der Waals surface area contributed by atoms with Gasteiger partial charge in [0.15, 0.2) is 5.82 Å². The number of aryl methyl sites for hydroxylation is 2. The Bertz CT molecular complexity index is 653. The first-order chi connectivity index (χ1) is 10.5. The fourth-order valence-corrected chi connectivity index (χ4v) is 2.28. The van der Waals surface area contributed by atoms with Gasteiger partial charge in [0.1, 0.15) is 0 Å². The van der Waals surface area contributed by atoms with Gasteiger partial charge in [-0.3, -0.25) is 0 Å². The van der Waals surface area contributed by atoms with Gasteiger partial charge in [0, 0.05) is 12.8 Å². The predicted molar refractivity (Wildman–Crippen MR) is 83.0 cm³/mol. The first-order valence-electron chi connectivity index (χ1n) is 7.17. The molecule has 0 radical (unpaired) electrons. The van der Waals surface area contributed by atoms with Gasteiger partial charge in [-0.05, 0) is 30.0 Å². The largest absolute Gasteiger partial charge is 0.465 e. The summed E-state index contributed by atoms with van der Waals surface area (Å²) in [4.78, 5) is 16.0. The summed E-state index contributed by atoms with van der Waals surface area (Å²) in [6.07, 6.45) is 2.11. The molecule has 118 valence electrons. The van der Waals surface area contributed by atoms with E-state index in [1.54, 1.807) is 12.1 Å². The average molecular weight is 323 g/mol. The van der Waals surface area contributed by atoms with Gasteiger partial charge in [-0.15, -0.1) is 0 Å². The van der Waals surface area contributed by atoms with E-state index in [4.69, 9.17) is 20.9 Å². The number of esters is 1. The average Bonchev–Trinajstić information content (AvgIpc) is 2.92. The molecule has 6 heteroatoms. The van der Waals surface area contributed by atoms with Crippen molar-refractivity contribution in [2.24, 2.45) is 5.92 Å². The minimum Gasteiger partial charge on any atom is -0.465 e. The quantitative estimate of drug-likeness (QED) is 0.762. The third kappa shape index (κ3) is 4.31. The van der Waals surface area contributed by atoms with Gasteiger partial charge >= 0.3 is 5.97 Å². The molecule has 1 heterocycles. The first kappa shape index (κ1) is 16.5. The molecule has 2 aromatic rings. The topological polar surface area (TPSA) is 65.2 Å². The smallest absolute Gasteiger partial charge is 0.339 e. The van der Waals surface area contributed by atoms with Crippen LogP contribution in [0.5, 0.6) is 0 Å². The molecule has 0 spiro atoms. The van der Waals surface area contributed by atoms with Crippen molar-refractivity contribution in [3.8, 4) is 0 Å². The van der Waals surface area contributed by atoms with E-state index in [2.05, 4.69) is 24.0 Å². The molecule has 0 amide bonds. The van der Waals surface area contributed by atoms with Crippen LogP contribution in [0.1, 0.15) is 41.5 Å². The molecule has 0 N–H and O–H groups in total. The third-order valence-electron chi connectivity index (χ3n) is 3.16. The van der Waals surface area contributed by atoms with Gasteiger partial charge in [-0.25, -0.2) is 4.79 Å². The molecule has 0 unspecified atom stereocenters. The van der Waals surface area contributed by atoms with Crippen LogP contribution in [0.15, 0.2) is 22.7 Å². The maximum absolute atomic E-state index is 11.6. The molecule has 0 aliphatic rings. The van der Waals surface area contributed by atoms with Crippen LogP contribution in [-0.2, 0) is 24.0 Å². The van der Waals surface area contributed by atoms with E-state index in [0.717, 1.165) is 17.8 Å². The Morgan fingerprint density at radius 3 is 2.82 bits per heavy atom. The summed E-state index contributed by atoms with van der Waals surface area (Å²) in [7, 11) is 1.33. The van der Waals surface area contributed by atoms with Gasteiger partial charge < -0.3 is 9.26 Å². The van der Waals surface area contributed by atoms with Crippen LogP contribution in [0.2, 0.25) is 5.02 Å². The molecule has 0 saturated carbocycles. The summed E-state index contributed by atoms with van der Waals surface area (Å²) >= 11 is 6.00. The second-order valence-corrected chi connectivity index (χ2v) is 5.92. The van der Waals surface area contributed by atoms with Crippen molar-refractivity contribution in [2.75, 3.05) is 7.11 Å². The number of aromatic nitrogens is 2. The molecule has 1 aromatic heterocycles. The molecule has 0 aliphatic heterocycles. The number of nitrogens with zero attached hydrogens (tertiary/aromatic N) is 2. The van der Waals surface area contributed by atoms with Crippen molar-refractivity contribution in [2.45, 2.75) is 33.1 Å². The molecule has 5 nitrogen and oxygen atoms in total. The second-order valence-electron chi connectivity index (χ2n) is 5.51. The first-order valence-corrected chi connectivity index (χ1v) is 7.55. The number of carbonyl (C=O) groups is 1. The van der Waals surface area contributed by atoms with Crippen molar-refractivity contribution in [1.82, 2.24) is 10.1 Å². The normalized spacial score (nSPS) is 11.0. The standard InChI is InChI=1S/C16H19ClN2O3/c1-10(2)8-14-18-15(22-19-14)7-5-11-4-6-13(17)12(9-11)16(20)21-3/h4,6,9-10H,5,7-8H2,1-3H3. The number of halogens is 1. The van der Waals surface area contributed by atoms with Crippen molar-refractivity contribution in [3.63, 3.8) is 0 Å². The van der Waals surface area contributed by atoms with Crippen LogP contribution in [-0.4, -0.2) is 23.2 Å². The molecule has 0 fully saturated rings. The minimum absolute atomic E-state index is 0.368. The number of rotatable bonds is 6. The Labute approximate surface area is 134 Å². The molecule has 0 aliphatic carbocycles. The van der Waals surface area contributed by atoms with Gasteiger partial charge in [0.05, 0.1) is 17.7 Å². The minimum atomic E-state index is -0.441. The molecule has 0 saturated heterocycles. The fraction of sp³-hybridized carbons (Fsp3) is 0.438. The Kier molecular flexibility index (Phi) is 5.55. The van der Waals surface area contributed by atoms with E-state index < -0.39 is 5.97 Å². The lowest BCUT2D eigenvalue weighted by Crippen LogP contribution is -2.03. The van der Waals surface area contributed by atoms with Gasteiger partial charge in [0.2, 0.25) is 5.89 Å². The van der Waals surface area contributed by atoms with Crippen LogP contribution in [0.3, 0.4) is 0 Å². The lowest BCUT2D eigenvalue weighted by molar-refractivity contribution is 0.0601. The summed E-state index contributed by atoms with van der Waals surface area (Å²) in [6.45, 7) is 4.22. The number of ether oxygens (including phenoxy) is 1. The maximum Gasteiger partial charge on any atom is 0.339 e. The van der Waals surface area contributed by atoms with Gasteiger partial charge in [-0.2, -0.15) is 4.98 Å². The van der Waals surface area contributed by atoms with Crippen LogP contribution in [0.25, 0.3) is 0 Å². The van der Waals surface area contributed by atoms with Crippen molar-refractivity contribution in [1.29, 1.82) is 0 Å². The molecule has 22 heavy (non-hydrogen) atoms. The highest BCUT2D eigenvalue weighted by Gasteiger charge is 2.12. The number of hydrogen-bond donors (Lipinski definition) is 0. The van der Waals surface area contributed by atoms with Crippen LogP contribution >= 0.6 is 11.6 Å². The summed E-state index contributed by atoms with van der Waals surface area (Å²) in [5.74, 6) is 1.38. The van der Waals surface area contributed by atoms with Crippen molar-refractivity contribution < 1.29 is 14.1 Å². The Hall–Kier alpha value is -1.88. The Morgan fingerprint density at radius 1 is 1.36 bits per heavy atom. The Morgan fingerprint density at radius 2 is 2.14 bits per heavy atom. The zero-order chi connectivity index (χ0) is 16.1. The zero-order valence-corrected chi connectivity index (χ0v) is 13.7. The lowest BCUT2D eigenvalue weighted by atomic mass is 10.1. The summed E-state index contributed by atoms with van der Waals surface area (Å²) in [5, 5.41) is 4.34. The van der Waals surface area contributed by atoms with E-state index in [-0.39, 0.29) is 0 Å². The highest BCUT2D eigenvalue weighted by atomic mass is 35.5. The van der Waals surface area contributed by atoms with Gasteiger partial charge in [0.25, 0.3) is 0 Å². The number of carbonyl (C=O) groups excluding carboxylic acids is 1. The van der Waals surface area contributed by atoms with Crippen LogP contribution < -0.4 is 0 Å². The molecular weight excluding hydrogens is 304 g/mol. The fourth-order valence-electron chi connectivity index (χ4n) is 2.09. The highest BCUT2D eigenvalue weighted by Crippen LogP contribution is 2.19. The van der Waals surface area contributed by atoms with Crippen molar-refractivity contribution in [3.05, 3.63) is 46.1 Å². The van der Waals surface area contributed by atoms with Crippen LogP contribution in [0.4, 0.5) is 0 Å². The maximum atomic E-state index is 11.6. The molecule has 2 rings (SSSR count). The molecule has 1 aromatic carbocycles. The summed E-state index contributed by atoms with van der Waals surface area (Å²) in [6, 6.07) is 5.31. The van der Waals surface area contributed by atoms with Gasteiger partial charge in [-0.1, -0.05) is 36.7 Å². The summed E-state index contributed by atoms with van der Waals surface area (Å²) < 4.78 is 9.94. The van der Waals surface area contributed by atoms with Crippen LogP contribution in [0, 0.1) is 5.92 Å². The molecule has 0 atom stereocenters. The van der Waals surface area contributed by atoms with E-state index in [1.807, 2.05) is 6.07 Å². The van der Waals surface area contributed by atoms with E-state index in [9.17, 15) is 4.79 Å². The Balaban J connectivity index is 2.02. The van der Waals surface area contributed by atoms with E-state index in [1.165, 1.54) is 7.11 Å². The molecule has 0 bridgehead atoms. The number of hydrogen-bond acceptors (Lipinski definition) is 5.